The number of aryl methyl sites for hydroxylation is 1. The molecule has 234 valence electrons. The van der Waals surface area contributed by atoms with Crippen LogP contribution >= 0.6 is 0 Å². The highest BCUT2D eigenvalue weighted by Crippen LogP contribution is 2.34. The largest absolute Gasteiger partial charge is 0.489 e. The van der Waals surface area contributed by atoms with Crippen molar-refractivity contribution >= 4 is 23.5 Å². The number of aromatic nitrogens is 1. The van der Waals surface area contributed by atoms with Crippen LogP contribution in [0.3, 0.4) is 0 Å². The van der Waals surface area contributed by atoms with Crippen LogP contribution in [0.1, 0.15) is 69.3 Å². The highest BCUT2D eigenvalue weighted by Gasteiger charge is 2.33. The third-order valence-electron chi connectivity index (χ3n) is 7.71. The van der Waals surface area contributed by atoms with Gasteiger partial charge < -0.3 is 24.4 Å². The smallest absolute Gasteiger partial charge is 0.307 e. The summed E-state index contributed by atoms with van der Waals surface area (Å²) in [6.45, 7) is 8.51. The normalized spacial score (nSPS) is 14.2. The molecule has 10 heteroatoms. The number of aliphatic carboxylic acids is 1. The van der Waals surface area contributed by atoms with Gasteiger partial charge in [0.2, 0.25) is 11.8 Å². The van der Waals surface area contributed by atoms with E-state index in [1.165, 1.54) is 12.1 Å². The molecule has 44 heavy (non-hydrogen) atoms. The van der Waals surface area contributed by atoms with Crippen molar-refractivity contribution in [3.05, 3.63) is 71.7 Å². The summed E-state index contributed by atoms with van der Waals surface area (Å²) in [6, 6.07) is 13.2. The van der Waals surface area contributed by atoms with E-state index in [1.54, 1.807) is 53.3 Å². The van der Waals surface area contributed by atoms with E-state index in [4.69, 9.17) is 14.6 Å². The maximum Gasteiger partial charge on any atom is 0.307 e. The second-order valence-corrected chi connectivity index (χ2v) is 10.8. The SMILES string of the molecule is CCOc1ncc(CC)cc1N(C(=O)CC)C1CCN(C(=O)c2ccc(-c3ccccc3O[C@H](C)CC(=O)O)cc2F)CC1. The standard InChI is InChI=1S/C34H40FN3O6/c1-5-23-19-29(33(36-21-23)43-7-3)38(31(39)6-2)25-14-16-37(17-15-25)34(42)27-13-12-24(20-28(27)35)26-10-8-9-11-30(26)44-22(4)18-32(40)41/h8-13,19-22,25H,5-7,14-18H2,1-4H3,(H,40,41)/t22-/m1/s1. The van der Waals surface area contributed by atoms with Gasteiger partial charge in [-0.15, -0.1) is 0 Å². The number of hydrogen-bond donors (Lipinski definition) is 1. The maximum absolute atomic E-state index is 15.4. The first-order chi connectivity index (χ1) is 21.2. The summed E-state index contributed by atoms with van der Waals surface area (Å²) in [4.78, 5) is 45.6. The Morgan fingerprint density at radius 3 is 2.45 bits per heavy atom. The number of pyridine rings is 1. The van der Waals surface area contributed by atoms with Gasteiger partial charge in [-0.05, 0) is 68.5 Å². The molecule has 2 amide bonds. The molecule has 9 nitrogen and oxygen atoms in total. The maximum atomic E-state index is 15.4. The van der Waals surface area contributed by atoms with Crippen LogP contribution in [-0.4, -0.2) is 64.6 Å². The summed E-state index contributed by atoms with van der Waals surface area (Å²) in [5, 5.41) is 9.06. The van der Waals surface area contributed by atoms with Crippen LogP contribution in [0.15, 0.2) is 54.7 Å². The monoisotopic (exact) mass is 605 g/mol. The van der Waals surface area contributed by atoms with Crippen LogP contribution in [-0.2, 0) is 16.0 Å². The molecule has 1 aromatic heterocycles. The summed E-state index contributed by atoms with van der Waals surface area (Å²) in [5.74, 6) is -1.25. The summed E-state index contributed by atoms with van der Waals surface area (Å²) < 4.78 is 27.0. The van der Waals surface area contributed by atoms with Gasteiger partial charge in [0.15, 0.2) is 0 Å². The minimum absolute atomic E-state index is 0.0372. The third-order valence-corrected chi connectivity index (χ3v) is 7.71. The highest BCUT2D eigenvalue weighted by atomic mass is 19.1. The number of para-hydroxylation sites is 1. The van der Waals surface area contributed by atoms with E-state index in [0.717, 1.165) is 12.0 Å². The lowest BCUT2D eigenvalue weighted by molar-refractivity contribution is -0.138. The van der Waals surface area contributed by atoms with Crippen molar-refractivity contribution in [1.29, 1.82) is 0 Å². The second kappa shape index (κ2) is 14.8. The fraction of sp³-hybridized carbons (Fsp3) is 0.412. The number of ether oxygens (including phenoxy) is 2. The number of nitrogens with zero attached hydrogens (tertiary/aromatic N) is 3. The van der Waals surface area contributed by atoms with Crippen LogP contribution in [0.25, 0.3) is 11.1 Å². The Hall–Kier alpha value is -4.47. The molecule has 0 radical (unpaired) electrons. The first-order valence-corrected chi connectivity index (χ1v) is 15.2. The van der Waals surface area contributed by atoms with Gasteiger partial charge in [0.05, 0.1) is 18.6 Å². The lowest BCUT2D eigenvalue weighted by Crippen LogP contribution is -2.49. The number of amides is 2. The van der Waals surface area contributed by atoms with Gasteiger partial charge in [-0.1, -0.05) is 38.1 Å². The molecule has 1 aliphatic rings. The van der Waals surface area contributed by atoms with E-state index in [1.807, 2.05) is 26.8 Å². The number of anilines is 1. The number of piperidine rings is 1. The minimum Gasteiger partial charge on any atom is -0.489 e. The van der Waals surface area contributed by atoms with Gasteiger partial charge in [0.1, 0.15) is 23.4 Å². The topological polar surface area (TPSA) is 109 Å². The van der Waals surface area contributed by atoms with E-state index in [-0.39, 0.29) is 23.9 Å². The number of carboxylic acid groups (broad SMARTS) is 1. The number of likely N-dealkylation sites (tertiary alicyclic amines) is 1. The summed E-state index contributed by atoms with van der Waals surface area (Å²) in [7, 11) is 0. The molecule has 0 unspecified atom stereocenters. The van der Waals surface area contributed by atoms with Crippen molar-refractivity contribution in [2.75, 3.05) is 24.6 Å². The molecule has 1 atom stereocenters. The first-order valence-electron chi connectivity index (χ1n) is 15.2. The van der Waals surface area contributed by atoms with Crippen molar-refractivity contribution in [3.63, 3.8) is 0 Å². The molecular weight excluding hydrogens is 565 g/mol. The van der Waals surface area contributed by atoms with Crippen molar-refractivity contribution in [3.8, 4) is 22.8 Å². The van der Waals surface area contributed by atoms with Crippen LogP contribution < -0.4 is 14.4 Å². The molecule has 2 aromatic carbocycles. The molecule has 4 rings (SSSR count). The number of hydrogen-bond acceptors (Lipinski definition) is 6. The Kier molecular flexibility index (Phi) is 10.9. The Morgan fingerprint density at radius 2 is 1.82 bits per heavy atom. The van der Waals surface area contributed by atoms with Crippen molar-refractivity contribution in [1.82, 2.24) is 9.88 Å². The van der Waals surface area contributed by atoms with Crippen molar-refractivity contribution in [2.45, 2.75) is 71.9 Å². The van der Waals surface area contributed by atoms with Crippen LogP contribution in [0.5, 0.6) is 11.6 Å². The average molecular weight is 606 g/mol. The number of rotatable bonds is 12. The van der Waals surface area contributed by atoms with E-state index in [9.17, 15) is 14.4 Å². The first kappa shape index (κ1) is 32.4. The predicted molar refractivity (Wildman–Crippen MR) is 166 cm³/mol. The van der Waals surface area contributed by atoms with Crippen LogP contribution in [0, 0.1) is 5.82 Å². The van der Waals surface area contributed by atoms with Crippen molar-refractivity contribution in [2.24, 2.45) is 0 Å². The van der Waals surface area contributed by atoms with Gasteiger partial charge in [0, 0.05) is 37.3 Å². The van der Waals surface area contributed by atoms with Gasteiger partial charge in [-0.2, -0.15) is 0 Å². The number of carbonyl (C=O) groups is 3. The molecule has 1 saturated heterocycles. The zero-order chi connectivity index (χ0) is 31.8. The van der Waals surface area contributed by atoms with Gasteiger partial charge in [-0.3, -0.25) is 14.4 Å². The van der Waals surface area contributed by atoms with Gasteiger partial charge in [-0.25, -0.2) is 9.37 Å². The van der Waals surface area contributed by atoms with E-state index in [2.05, 4.69) is 4.98 Å². The third kappa shape index (κ3) is 7.53. The second-order valence-electron chi connectivity index (χ2n) is 10.8. The Bertz CT molecular complexity index is 1490. The summed E-state index contributed by atoms with van der Waals surface area (Å²) in [6.07, 6.45) is 3.13. The number of benzene rings is 2. The lowest BCUT2D eigenvalue weighted by atomic mass is 9.99. The summed E-state index contributed by atoms with van der Waals surface area (Å²) in [5.41, 5.74) is 2.71. The molecule has 2 heterocycles. The summed E-state index contributed by atoms with van der Waals surface area (Å²) >= 11 is 0. The average Bonchev–Trinajstić information content (AvgIpc) is 3.01. The van der Waals surface area contributed by atoms with Crippen molar-refractivity contribution < 1.29 is 33.4 Å². The van der Waals surface area contributed by atoms with E-state index in [0.29, 0.717) is 67.4 Å². The fourth-order valence-electron chi connectivity index (χ4n) is 5.47. The van der Waals surface area contributed by atoms with E-state index < -0.39 is 23.8 Å². The van der Waals surface area contributed by atoms with Gasteiger partial charge >= 0.3 is 5.97 Å². The minimum atomic E-state index is -0.976. The lowest BCUT2D eigenvalue weighted by Gasteiger charge is -2.39. The molecule has 1 fully saturated rings. The van der Waals surface area contributed by atoms with Crippen LogP contribution in [0.2, 0.25) is 0 Å². The zero-order valence-corrected chi connectivity index (χ0v) is 25.7. The van der Waals surface area contributed by atoms with Crippen LogP contribution in [0.4, 0.5) is 10.1 Å². The number of carboxylic acids is 1. The zero-order valence-electron chi connectivity index (χ0n) is 25.7. The Labute approximate surface area is 257 Å². The molecule has 1 N–H and O–H groups in total. The predicted octanol–water partition coefficient (Wildman–Crippen LogP) is 6.14. The fourth-order valence-corrected chi connectivity index (χ4v) is 5.47. The number of halogens is 1. The molecule has 3 aromatic rings. The van der Waals surface area contributed by atoms with E-state index >= 15 is 4.39 Å². The molecule has 0 saturated carbocycles. The number of carbonyl (C=O) groups excluding carboxylic acids is 2. The molecule has 0 spiro atoms. The molecule has 1 aliphatic heterocycles. The molecular formula is C34H40FN3O6. The van der Waals surface area contributed by atoms with Gasteiger partial charge in [0.25, 0.3) is 5.91 Å². The quantitative estimate of drug-likeness (QED) is 0.264. The Balaban J connectivity index is 1.50. The Morgan fingerprint density at radius 1 is 1.09 bits per heavy atom. The highest BCUT2D eigenvalue weighted by molar-refractivity contribution is 5.96. The molecule has 0 aliphatic carbocycles. The molecule has 0 bridgehead atoms.